The smallest absolute Gasteiger partial charge is 0.270 e. The number of pyridine rings is 1. The third kappa shape index (κ3) is 4.18. The van der Waals surface area contributed by atoms with Gasteiger partial charge < -0.3 is 9.15 Å². The Bertz CT molecular complexity index is 1210. The van der Waals surface area contributed by atoms with Gasteiger partial charge in [0.1, 0.15) is 11.5 Å². The van der Waals surface area contributed by atoms with Crippen LogP contribution in [0.15, 0.2) is 65.3 Å². The van der Waals surface area contributed by atoms with Crippen LogP contribution in [-0.2, 0) is 0 Å². The molecule has 0 fully saturated rings. The first-order valence-electron chi connectivity index (χ1n) is 8.16. The summed E-state index contributed by atoms with van der Waals surface area (Å²) < 4.78 is 11.5. The molecule has 0 radical (unpaired) electrons. The Morgan fingerprint density at radius 2 is 1.79 bits per heavy atom. The molecule has 4 rings (SSSR count). The van der Waals surface area contributed by atoms with Crippen LogP contribution in [-0.4, -0.2) is 20.1 Å². The Hall–Kier alpha value is -3.49. The molecule has 10 heteroatoms. The van der Waals surface area contributed by atoms with E-state index in [1.165, 1.54) is 30.6 Å². The first-order valence-corrected chi connectivity index (χ1v) is 8.92. The monoisotopic (exact) mass is 428 g/mol. The number of non-ortho nitro benzene ring substituents is 1. The molecule has 0 unspecified atom stereocenters. The number of rotatable bonds is 5. The maximum atomic E-state index is 11.2. The number of hydrogen-bond acceptors (Lipinski definition) is 7. The third-order valence-electron chi connectivity index (χ3n) is 3.81. The molecule has 0 spiro atoms. The summed E-state index contributed by atoms with van der Waals surface area (Å²) in [6.45, 7) is 0. The van der Waals surface area contributed by atoms with Crippen LogP contribution >= 0.6 is 23.2 Å². The minimum atomic E-state index is -0.525. The largest absolute Gasteiger partial charge is 0.455 e. The SMILES string of the molecule is O=[N+]([O-])c1ccc(Oc2cncc(Cl)c2)c(-c2nnc(-c3cccc(Cl)c3)o2)c1. The zero-order valence-electron chi connectivity index (χ0n) is 14.5. The van der Waals surface area contributed by atoms with Gasteiger partial charge in [-0.15, -0.1) is 10.2 Å². The number of hydrogen-bond donors (Lipinski definition) is 0. The molecule has 0 amide bonds. The van der Waals surface area contributed by atoms with Crippen LogP contribution in [0.3, 0.4) is 0 Å². The van der Waals surface area contributed by atoms with Crippen molar-refractivity contribution >= 4 is 28.9 Å². The van der Waals surface area contributed by atoms with Gasteiger partial charge in [0.25, 0.3) is 11.6 Å². The van der Waals surface area contributed by atoms with E-state index in [-0.39, 0.29) is 28.8 Å². The summed E-state index contributed by atoms with van der Waals surface area (Å²) in [5.41, 5.74) is 0.710. The van der Waals surface area contributed by atoms with Gasteiger partial charge in [0, 0.05) is 35.0 Å². The van der Waals surface area contributed by atoms with Crippen LogP contribution < -0.4 is 4.74 Å². The quantitative estimate of drug-likeness (QED) is 0.291. The standard InChI is InChI=1S/C19H10Cl2N4O4/c20-12-3-1-2-11(6-12)18-23-24-19(29-18)16-8-14(25(26)27)4-5-17(16)28-15-7-13(21)9-22-10-15/h1-10H. The van der Waals surface area contributed by atoms with Gasteiger partial charge >= 0.3 is 0 Å². The zero-order chi connectivity index (χ0) is 20.4. The second-order valence-electron chi connectivity index (χ2n) is 5.80. The van der Waals surface area contributed by atoms with Gasteiger partial charge in [0.05, 0.1) is 21.7 Å². The van der Waals surface area contributed by atoms with Gasteiger partial charge in [-0.25, -0.2) is 0 Å². The number of ether oxygens (including phenoxy) is 1. The molecule has 0 saturated heterocycles. The number of nitro groups is 1. The molecule has 0 aliphatic carbocycles. The highest BCUT2D eigenvalue weighted by molar-refractivity contribution is 6.31. The van der Waals surface area contributed by atoms with Gasteiger partial charge in [0.15, 0.2) is 0 Å². The second-order valence-corrected chi connectivity index (χ2v) is 6.67. The van der Waals surface area contributed by atoms with Crippen molar-refractivity contribution in [2.24, 2.45) is 0 Å². The molecule has 2 heterocycles. The van der Waals surface area contributed by atoms with E-state index in [4.69, 9.17) is 32.4 Å². The van der Waals surface area contributed by atoms with Crippen LogP contribution in [0.1, 0.15) is 0 Å². The van der Waals surface area contributed by atoms with E-state index >= 15 is 0 Å². The molecule has 29 heavy (non-hydrogen) atoms. The van der Waals surface area contributed by atoms with Crippen molar-refractivity contribution in [1.82, 2.24) is 15.2 Å². The molecule has 2 aromatic heterocycles. The molecule has 0 aliphatic rings. The van der Waals surface area contributed by atoms with E-state index in [0.29, 0.717) is 21.4 Å². The Morgan fingerprint density at radius 1 is 0.966 bits per heavy atom. The predicted molar refractivity (Wildman–Crippen MR) is 106 cm³/mol. The van der Waals surface area contributed by atoms with Crippen LogP contribution in [0.2, 0.25) is 10.0 Å². The zero-order valence-corrected chi connectivity index (χ0v) is 16.0. The van der Waals surface area contributed by atoms with E-state index < -0.39 is 4.92 Å². The number of halogens is 2. The van der Waals surface area contributed by atoms with E-state index in [1.54, 1.807) is 30.3 Å². The Kier molecular flexibility index (Phi) is 5.11. The fourth-order valence-electron chi connectivity index (χ4n) is 2.53. The number of nitro benzene ring substituents is 1. The summed E-state index contributed by atoms with van der Waals surface area (Å²) in [5.74, 6) is 0.876. The third-order valence-corrected chi connectivity index (χ3v) is 4.25. The summed E-state index contributed by atoms with van der Waals surface area (Å²) in [7, 11) is 0. The van der Waals surface area contributed by atoms with Gasteiger partial charge in [-0.3, -0.25) is 15.1 Å². The average Bonchev–Trinajstić information content (AvgIpc) is 3.18. The topological polar surface area (TPSA) is 104 Å². The van der Waals surface area contributed by atoms with Crippen molar-refractivity contribution in [3.63, 3.8) is 0 Å². The first-order chi connectivity index (χ1) is 14.0. The number of nitrogens with zero attached hydrogens (tertiary/aromatic N) is 4. The molecular formula is C19H10Cl2N4O4. The molecule has 0 aliphatic heterocycles. The minimum Gasteiger partial charge on any atom is -0.455 e. The maximum Gasteiger partial charge on any atom is 0.270 e. The summed E-state index contributed by atoms with van der Waals surface area (Å²) in [6, 6.07) is 12.5. The predicted octanol–water partition coefficient (Wildman–Crippen LogP) is 5.81. The van der Waals surface area contributed by atoms with Crippen LogP contribution in [0.4, 0.5) is 5.69 Å². The van der Waals surface area contributed by atoms with Gasteiger partial charge in [0.2, 0.25) is 5.89 Å². The van der Waals surface area contributed by atoms with E-state index in [1.807, 2.05) is 0 Å². The highest BCUT2D eigenvalue weighted by Gasteiger charge is 2.20. The Morgan fingerprint density at radius 3 is 2.55 bits per heavy atom. The van der Waals surface area contributed by atoms with Crippen molar-refractivity contribution in [2.75, 3.05) is 0 Å². The normalized spacial score (nSPS) is 10.7. The number of benzene rings is 2. The fourth-order valence-corrected chi connectivity index (χ4v) is 2.89. The fraction of sp³-hybridized carbons (Fsp3) is 0. The summed E-state index contributed by atoms with van der Waals surface area (Å²) >= 11 is 11.9. The molecule has 144 valence electrons. The van der Waals surface area contributed by atoms with Gasteiger partial charge in [-0.05, 0) is 24.3 Å². The van der Waals surface area contributed by atoms with E-state index in [9.17, 15) is 10.1 Å². The van der Waals surface area contributed by atoms with Crippen molar-refractivity contribution in [1.29, 1.82) is 0 Å². The molecule has 2 aromatic carbocycles. The molecule has 0 bridgehead atoms. The average molecular weight is 429 g/mol. The first kappa shape index (κ1) is 18.9. The van der Waals surface area contributed by atoms with Crippen molar-refractivity contribution in [2.45, 2.75) is 0 Å². The lowest BCUT2D eigenvalue weighted by atomic mass is 10.1. The van der Waals surface area contributed by atoms with Gasteiger partial charge in [-0.2, -0.15) is 0 Å². The van der Waals surface area contributed by atoms with Crippen LogP contribution in [0, 0.1) is 10.1 Å². The molecule has 0 N–H and O–H groups in total. The highest BCUT2D eigenvalue weighted by atomic mass is 35.5. The van der Waals surface area contributed by atoms with Crippen LogP contribution in [0.5, 0.6) is 11.5 Å². The molecule has 8 nitrogen and oxygen atoms in total. The summed E-state index contributed by atoms with van der Waals surface area (Å²) in [6.07, 6.45) is 2.92. The summed E-state index contributed by atoms with van der Waals surface area (Å²) in [5, 5.41) is 20.1. The minimum absolute atomic E-state index is 0.0497. The Balaban J connectivity index is 1.77. The lowest BCUT2D eigenvalue weighted by molar-refractivity contribution is -0.384. The lowest BCUT2D eigenvalue weighted by Gasteiger charge is -2.09. The van der Waals surface area contributed by atoms with Crippen molar-refractivity contribution in [3.8, 4) is 34.4 Å². The summed E-state index contributed by atoms with van der Waals surface area (Å²) in [4.78, 5) is 14.6. The van der Waals surface area contributed by atoms with Crippen molar-refractivity contribution in [3.05, 3.63) is 81.1 Å². The van der Waals surface area contributed by atoms with Crippen LogP contribution in [0.25, 0.3) is 22.9 Å². The molecule has 4 aromatic rings. The second kappa shape index (κ2) is 7.86. The number of aromatic nitrogens is 3. The lowest BCUT2D eigenvalue weighted by Crippen LogP contribution is -1.93. The van der Waals surface area contributed by atoms with E-state index in [0.717, 1.165) is 0 Å². The maximum absolute atomic E-state index is 11.2. The molecular weight excluding hydrogens is 419 g/mol. The Labute approximate surface area is 173 Å². The molecule has 0 saturated carbocycles. The van der Waals surface area contributed by atoms with E-state index in [2.05, 4.69) is 15.2 Å². The molecule has 0 atom stereocenters. The van der Waals surface area contributed by atoms with Crippen molar-refractivity contribution < 1.29 is 14.1 Å². The highest BCUT2D eigenvalue weighted by Crippen LogP contribution is 2.37. The van der Waals surface area contributed by atoms with Gasteiger partial charge in [-0.1, -0.05) is 29.3 Å².